The minimum atomic E-state index is -0.326. The number of halogens is 1. The Morgan fingerprint density at radius 2 is 1.55 bits per heavy atom. The lowest BCUT2D eigenvalue weighted by atomic mass is 10.1. The van der Waals surface area contributed by atoms with Crippen LogP contribution in [0.1, 0.15) is 11.1 Å². The fourth-order valence-electron chi connectivity index (χ4n) is 3.34. The first kappa shape index (κ1) is 19.0. The number of aliphatic imine (C=N–C) groups is 1. The third-order valence-corrected chi connectivity index (χ3v) is 5.11. The molecule has 0 aliphatic heterocycles. The van der Waals surface area contributed by atoms with E-state index in [4.69, 9.17) is 11.6 Å². The van der Waals surface area contributed by atoms with E-state index >= 15 is 0 Å². The van der Waals surface area contributed by atoms with E-state index in [1.165, 1.54) is 10.1 Å². The summed E-state index contributed by atoms with van der Waals surface area (Å²) in [5.74, 6) is -0.176. The van der Waals surface area contributed by atoms with Gasteiger partial charge in [0.05, 0.1) is 16.3 Å². The Labute approximate surface area is 173 Å². The Kier molecular flexibility index (Phi) is 5.45. The van der Waals surface area contributed by atoms with Gasteiger partial charge in [0.15, 0.2) is 0 Å². The molecule has 29 heavy (non-hydrogen) atoms. The molecule has 1 aromatic heterocycles. The molecule has 0 atom stereocenters. The lowest BCUT2D eigenvalue weighted by molar-refractivity contribution is 0.436. The summed E-state index contributed by atoms with van der Waals surface area (Å²) in [5, 5.41) is 12.5. The largest absolute Gasteiger partial charge is 0.494 e. The van der Waals surface area contributed by atoms with Gasteiger partial charge in [0.1, 0.15) is 0 Å². The van der Waals surface area contributed by atoms with Gasteiger partial charge in [-0.1, -0.05) is 72.3 Å². The van der Waals surface area contributed by atoms with Crippen molar-refractivity contribution in [3.05, 3.63) is 105 Å². The molecule has 1 heterocycles. The van der Waals surface area contributed by atoms with E-state index in [9.17, 15) is 9.90 Å². The molecule has 0 saturated carbocycles. The zero-order chi connectivity index (χ0) is 20.2. The highest BCUT2D eigenvalue weighted by molar-refractivity contribution is 6.32. The zero-order valence-electron chi connectivity index (χ0n) is 15.6. The van der Waals surface area contributed by atoms with Crippen LogP contribution in [0.5, 0.6) is 5.88 Å². The Morgan fingerprint density at radius 3 is 2.31 bits per heavy atom. The number of pyridine rings is 1. The maximum Gasteiger partial charge on any atom is 0.265 e. The minimum Gasteiger partial charge on any atom is -0.494 e. The number of hydrogen-bond acceptors (Lipinski definition) is 3. The molecule has 3 aromatic carbocycles. The summed E-state index contributed by atoms with van der Waals surface area (Å²) >= 11 is 6.30. The molecular formula is C24H19ClN2O2. The second-order valence-electron chi connectivity index (χ2n) is 6.65. The van der Waals surface area contributed by atoms with Crippen molar-refractivity contribution in [3.63, 3.8) is 0 Å². The molecule has 0 radical (unpaired) electrons. The molecule has 144 valence electrons. The summed E-state index contributed by atoms with van der Waals surface area (Å²) in [6, 6.07) is 24.2. The molecule has 0 unspecified atom stereocenters. The first-order chi connectivity index (χ1) is 14.2. The van der Waals surface area contributed by atoms with Crippen LogP contribution in [0.15, 0.2) is 88.6 Å². The lowest BCUT2D eigenvalue weighted by Crippen LogP contribution is -2.20. The molecule has 0 aliphatic carbocycles. The second kappa shape index (κ2) is 8.33. The van der Waals surface area contributed by atoms with Gasteiger partial charge in [-0.3, -0.25) is 9.79 Å². The Morgan fingerprint density at radius 1 is 0.897 bits per heavy atom. The summed E-state index contributed by atoms with van der Waals surface area (Å²) in [6.45, 7) is 0.572. The molecular weight excluding hydrogens is 384 g/mol. The first-order valence-corrected chi connectivity index (χ1v) is 9.70. The van der Waals surface area contributed by atoms with Gasteiger partial charge in [0.2, 0.25) is 5.88 Å². The molecule has 4 nitrogen and oxygen atoms in total. The van der Waals surface area contributed by atoms with E-state index in [0.717, 1.165) is 6.42 Å². The Hall–Kier alpha value is -3.37. The van der Waals surface area contributed by atoms with Crippen LogP contribution >= 0.6 is 11.6 Å². The number of nitrogens with zero attached hydrogens (tertiary/aromatic N) is 2. The molecule has 0 fully saturated rings. The molecule has 4 rings (SSSR count). The van der Waals surface area contributed by atoms with E-state index in [1.54, 1.807) is 42.6 Å². The number of benzene rings is 3. The molecule has 5 heteroatoms. The first-order valence-electron chi connectivity index (χ1n) is 9.32. The maximum atomic E-state index is 13.1. The van der Waals surface area contributed by atoms with Crippen molar-refractivity contribution in [1.82, 2.24) is 4.57 Å². The van der Waals surface area contributed by atoms with Gasteiger partial charge in [0, 0.05) is 23.5 Å². The summed E-state index contributed by atoms with van der Waals surface area (Å²) in [7, 11) is 0. The van der Waals surface area contributed by atoms with Crippen molar-refractivity contribution >= 4 is 28.6 Å². The van der Waals surface area contributed by atoms with Crippen LogP contribution < -0.4 is 5.56 Å². The zero-order valence-corrected chi connectivity index (χ0v) is 16.4. The highest BCUT2D eigenvalue weighted by Crippen LogP contribution is 2.28. The predicted octanol–water partition coefficient (Wildman–Crippen LogP) is 5.01. The van der Waals surface area contributed by atoms with Gasteiger partial charge in [-0.05, 0) is 30.2 Å². The number of rotatable bonds is 5. The average molecular weight is 403 g/mol. The summed E-state index contributed by atoms with van der Waals surface area (Å²) in [4.78, 5) is 17.6. The quantitative estimate of drug-likeness (QED) is 0.477. The van der Waals surface area contributed by atoms with Crippen molar-refractivity contribution in [2.75, 3.05) is 6.54 Å². The number of aromatic hydroxyl groups is 1. The topological polar surface area (TPSA) is 54.6 Å². The van der Waals surface area contributed by atoms with Crippen LogP contribution in [0.4, 0.5) is 0 Å². The van der Waals surface area contributed by atoms with Gasteiger partial charge in [-0.25, -0.2) is 4.57 Å². The van der Waals surface area contributed by atoms with Crippen LogP contribution in [-0.2, 0) is 6.42 Å². The van der Waals surface area contributed by atoms with Gasteiger partial charge < -0.3 is 5.11 Å². The van der Waals surface area contributed by atoms with Crippen LogP contribution in [0, 0.1) is 0 Å². The fraction of sp³-hybridized carbons (Fsp3) is 0.0833. The molecule has 1 N–H and O–H groups in total. The van der Waals surface area contributed by atoms with E-state index < -0.39 is 0 Å². The molecule has 0 amide bonds. The van der Waals surface area contributed by atoms with Crippen LogP contribution in [0.25, 0.3) is 16.5 Å². The minimum absolute atomic E-state index is 0.176. The normalized spacial score (nSPS) is 11.3. The smallest absolute Gasteiger partial charge is 0.265 e. The van der Waals surface area contributed by atoms with Crippen molar-refractivity contribution in [2.24, 2.45) is 4.99 Å². The Balaban J connectivity index is 1.80. The summed E-state index contributed by atoms with van der Waals surface area (Å²) in [6.07, 6.45) is 2.42. The van der Waals surface area contributed by atoms with Crippen molar-refractivity contribution in [1.29, 1.82) is 0 Å². The highest BCUT2D eigenvalue weighted by Gasteiger charge is 2.17. The lowest BCUT2D eigenvalue weighted by Gasteiger charge is -2.14. The molecule has 0 bridgehead atoms. The number of hydrogen-bond donors (Lipinski definition) is 1. The van der Waals surface area contributed by atoms with Crippen LogP contribution in [-0.4, -0.2) is 22.4 Å². The van der Waals surface area contributed by atoms with Crippen LogP contribution in [0.3, 0.4) is 0 Å². The highest BCUT2D eigenvalue weighted by atomic mass is 35.5. The third kappa shape index (κ3) is 3.80. The van der Waals surface area contributed by atoms with E-state index in [1.807, 2.05) is 30.3 Å². The number of para-hydroxylation sites is 1. The molecule has 4 aromatic rings. The standard InChI is InChI=1S/C24H19ClN2O2/c25-21-12-6-7-13-22(21)27-23(28)19-11-5-4-10-18(19)20(24(27)29)16-26-15-14-17-8-2-1-3-9-17/h1-13,16,29H,14-15H2. The third-order valence-electron chi connectivity index (χ3n) is 4.79. The monoisotopic (exact) mass is 402 g/mol. The molecule has 0 aliphatic rings. The number of fused-ring (bicyclic) bond motifs is 1. The van der Waals surface area contributed by atoms with Gasteiger partial charge in [-0.2, -0.15) is 0 Å². The van der Waals surface area contributed by atoms with Crippen LogP contribution in [0.2, 0.25) is 5.02 Å². The Bertz CT molecular complexity index is 1250. The van der Waals surface area contributed by atoms with E-state index in [2.05, 4.69) is 17.1 Å². The average Bonchev–Trinajstić information content (AvgIpc) is 2.75. The van der Waals surface area contributed by atoms with Crippen molar-refractivity contribution in [3.8, 4) is 11.6 Å². The number of aromatic nitrogens is 1. The second-order valence-corrected chi connectivity index (χ2v) is 7.05. The van der Waals surface area contributed by atoms with E-state index in [-0.39, 0.29) is 11.4 Å². The molecule has 0 saturated heterocycles. The van der Waals surface area contributed by atoms with Gasteiger partial charge in [-0.15, -0.1) is 0 Å². The van der Waals surface area contributed by atoms with Gasteiger partial charge in [0.25, 0.3) is 5.56 Å². The van der Waals surface area contributed by atoms with Crippen molar-refractivity contribution < 1.29 is 5.11 Å². The summed E-state index contributed by atoms with van der Waals surface area (Å²) < 4.78 is 1.24. The predicted molar refractivity (Wildman–Crippen MR) is 119 cm³/mol. The van der Waals surface area contributed by atoms with E-state index in [0.29, 0.717) is 33.6 Å². The van der Waals surface area contributed by atoms with Gasteiger partial charge >= 0.3 is 0 Å². The molecule has 0 spiro atoms. The summed E-state index contributed by atoms with van der Waals surface area (Å²) in [5.41, 5.74) is 1.79. The fourth-order valence-corrected chi connectivity index (χ4v) is 3.56. The maximum absolute atomic E-state index is 13.1. The van der Waals surface area contributed by atoms with Crippen molar-refractivity contribution in [2.45, 2.75) is 6.42 Å². The SMILES string of the molecule is O=c1c2ccccc2c(C=NCCc2ccccc2)c(O)n1-c1ccccc1Cl.